The van der Waals surface area contributed by atoms with Crippen molar-refractivity contribution in [2.24, 2.45) is 0 Å². The summed E-state index contributed by atoms with van der Waals surface area (Å²) >= 11 is 12.4. The molecule has 0 saturated heterocycles. The highest BCUT2D eigenvalue weighted by molar-refractivity contribution is 6.43. The van der Waals surface area contributed by atoms with E-state index in [1.54, 1.807) is 30.5 Å². The van der Waals surface area contributed by atoms with Crippen LogP contribution >= 0.6 is 23.2 Å². The van der Waals surface area contributed by atoms with E-state index in [9.17, 15) is 0 Å². The normalized spacial score (nSPS) is 10.6. The Morgan fingerprint density at radius 2 is 1.89 bits per heavy atom. The van der Waals surface area contributed by atoms with Crippen LogP contribution in [-0.2, 0) is 6.54 Å². The molecule has 0 aliphatic carbocycles. The smallest absolute Gasteiger partial charge is 0.248 e. The fourth-order valence-corrected chi connectivity index (χ4v) is 2.92. The monoisotopic (exact) mass is 412 g/mol. The third-order valence-corrected chi connectivity index (χ3v) is 4.65. The predicted octanol–water partition coefficient (Wildman–Crippen LogP) is 4.77. The van der Waals surface area contributed by atoms with Crippen LogP contribution in [0.15, 0.2) is 66.9 Å². The first-order valence-electron chi connectivity index (χ1n) is 8.35. The van der Waals surface area contributed by atoms with E-state index in [4.69, 9.17) is 27.9 Å². The second kappa shape index (κ2) is 8.24. The molecule has 2 aromatic heterocycles. The van der Waals surface area contributed by atoms with Crippen molar-refractivity contribution >= 4 is 29.2 Å². The van der Waals surface area contributed by atoms with E-state index in [0.717, 1.165) is 5.56 Å². The lowest BCUT2D eigenvalue weighted by Gasteiger charge is -2.10. The SMILES string of the molecule is Clc1cccc(-n2nnnc2NCc2cccc(Oc3ccccn3)c2)c1Cl. The number of aromatic nitrogens is 5. The number of rotatable bonds is 6. The minimum absolute atomic E-state index is 0.380. The van der Waals surface area contributed by atoms with E-state index in [2.05, 4.69) is 25.8 Å². The van der Waals surface area contributed by atoms with Crippen LogP contribution in [-0.4, -0.2) is 25.2 Å². The van der Waals surface area contributed by atoms with Gasteiger partial charge in [0, 0.05) is 18.8 Å². The maximum Gasteiger partial charge on any atom is 0.248 e. The highest BCUT2D eigenvalue weighted by Crippen LogP contribution is 2.29. The van der Waals surface area contributed by atoms with Gasteiger partial charge >= 0.3 is 0 Å². The fourth-order valence-electron chi connectivity index (χ4n) is 2.54. The standard InChI is InChI=1S/C19H14Cl2N6O/c20-15-7-4-8-16(18(15)21)27-19(24-25-26-27)23-12-13-5-3-6-14(11-13)28-17-9-1-2-10-22-17/h1-11H,12H2,(H,23,24,26). The van der Waals surface area contributed by atoms with E-state index in [0.29, 0.717) is 39.9 Å². The number of benzene rings is 2. The van der Waals surface area contributed by atoms with Crippen molar-refractivity contribution in [3.63, 3.8) is 0 Å². The Balaban J connectivity index is 1.50. The molecule has 2 aromatic carbocycles. The zero-order valence-corrected chi connectivity index (χ0v) is 16.0. The molecule has 0 amide bonds. The minimum Gasteiger partial charge on any atom is -0.439 e. The largest absolute Gasteiger partial charge is 0.439 e. The topological polar surface area (TPSA) is 77.8 Å². The van der Waals surface area contributed by atoms with Gasteiger partial charge in [-0.25, -0.2) is 4.98 Å². The molecular weight excluding hydrogens is 399 g/mol. The van der Waals surface area contributed by atoms with E-state index in [1.165, 1.54) is 4.68 Å². The Hall–Kier alpha value is -3.16. The van der Waals surface area contributed by atoms with Gasteiger partial charge in [-0.15, -0.1) is 0 Å². The van der Waals surface area contributed by atoms with Crippen LogP contribution in [0.4, 0.5) is 5.95 Å². The van der Waals surface area contributed by atoms with Crippen molar-refractivity contribution in [1.29, 1.82) is 0 Å². The molecule has 28 heavy (non-hydrogen) atoms. The van der Waals surface area contributed by atoms with Crippen molar-refractivity contribution in [3.8, 4) is 17.3 Å². The second-order valence-electron chi connectivity index (χ2n) is 5.76. The summed E-state index contributed by atoms with van der Waals surface area (Å²) in [5, 5.41) is 15.7. The van der Waals surface area contributed by atoms with Gasteiger partial charge in [-0.2, -0.15) is 4.68 Å². The summed E-state index contributed by atoms with van der Waals surface area (Å²) in [7, 11) is 0. The maximum atomic E-state index is 6.27. The number of tetrazole rings is 1. The van der Waals surface area contributed by atoms with E-state index in [1.807, 2.05) is 36.4 Å². The molecule has 140 valence electrons. The molecule has 4 aromatic rings. The zero-order valence-electron chi connectivity index (χ0n) is 14.5. The predicted molar refractivity (Wildman–Crippen MR) is 107 cm³/mol. The number of ether oxygens (including phenoxy) is 1. The maximum absolute atomic E-state index is 6.27. The van der Waals surface area contributed by atoms with Crippen molar-refractivity contribution in [1.82, 2.24) is 25.2 Å². The number of nitrogens with one attached hydrogen (secondary N) is 1. The second-order valence-corrected chi connectivity index (χ2v) is 6.54. The molecule has 0 radical (unpaired) electrons. The molecule has 2 heterocycles. The summed E-state index contributed by atoms with van der Waals surface area (Å²) in [5.41, 5.74) is 1.58. The number of hydrogen-bond acceptors (Lipinski definition) is 6. The van der Waals surface area contributed by atoms with Gasteiger partial charge in [0.25, 0.3) is 0 Å². The van der Waals surface area contributed by atoms with Gasteiger partial charge in [0.1, 0.15) is 5.75 Å². The average Bonchev–Trinajstić information content (AvgIpc) is 3.18. The molecule has 0 atom stereocenters. The Bertz CT molecular complexity index is 1090. The summed E-state index contributed by atoms with van der Waals surface area (Å²) in [5.74, 6) is 1.67. The Labute approximate surface area is 170 Å². The first-order valence-corrected chi connectivity index (χ1v) is 9.11. The van der Waals surface area contributed by atoms with Crippen LogP contribution in [0.2, 0.25) is 10.0 Å². The first kappa shape index (κ1) is 18.2. The average molecular weight is 413 g/mol. The van der Waals surface area contributed by atoms with Crippen LogP contribution in [0.1, 0.15) is 5.56 Å². The molecule has 0 fully saturated rings. The van der Waals surface area contributed by atoms with Crippen LogP contribution < -0.4 is 10.1 Å². The van der Waals surface area contributed by atoms with Gasteiger partial charge in [0.2, 0.25) is 11.8 Å². The number of halogens is 2. The third kappa shape index (κ3) is 4.05. The highest BCUT2D eigenvalue weighted by Gasteiger charge is 2.13. The number of nitrogens with zero attached hydrogens (tertiary/aromatic N) is 5. The van der Waals surface area contributed by atoms with Gasteiger partial charge in [0.15, 0.2) is 0 Å². The van der Waals surface area contributed by atoms with Crippen molar-refractivity contribution in [3.05, 3.63) is 82.5 Å². The molecule has 0 bridgehead atoms. The molecule has 0 unspecified atom stereocenters. The molecule has 1 N–H and O–H groups in total. The third-order valence-electron chi connectivity index (χ3n) is 3.84. The first-order chi connectivity index (χ1) is 13.7. The molecule has 9 heteroatoms. The lowest BCUT2D eigenvalue weighted by Crippen LogP contribution is -2.08. The Morgan fingerprint density at radius 3 is 2.75 bits per heavy atom. The quantitative estimate of drug-likeness (QED) is 0.491. The van der Waals surface area contributed by atoms with Crippen LogP contribution in [0.5, 0.6) is 11.6 Å². The van der Waals surface area contributed by atoms with Crippen molar-refractivity contribution in [2.45, 2.75) is 6.54 Å². The molecule has 0 saturated carbocycles. The number of pyridine rings is 1. The molecule has 7 nitrogen and oxygen atoms in total. The van der Waals surface area contributed by atoms with Crippen molar-refractivity contribution < 1.29 is 4.74 Å². The number of hydrogen-bond donors (Lipinski definition) is 1. The van der Waals surface area contributed by atoms with Crippen LogP contribution in [0.3, 0.4) is 0 Å². The molecular formula is C19H14Cl2N6O. The van der Waals surface area contributed by atoms with E-state index in [-0.39, 0.29) is 0 Å². The molecule has 0 aliphatic heterocycles. The summed E-state index contributed by atoms with van der Waals surface area (Å²) in [6.07, 6.45) is 1.68. The summed E-state index contributed by atoms with van der Waals surface area (Å²) < 4.78 is 7.26. The lowest BCUT2D eigenvalue weighted by molar-refractivity contribution is 0.462. The van der Waals surface area contributed by atoms with E-state index >= 15 is 0 Å². The minimum atomic E-state index is 0.380. The van der Waals surface area contributed by atoms with Gasteiger partial charge < -0.3 is 10.1 Å². The van der Waals surface area contributed by atoms with Gasteiger partial charge in [-0.1, -0.05) is 52.6 Å². The van der Waals surface area contributed by atoms with Crippen LogP contribution in [0, 0.1) is 0 Å². The molecule has 0 aliphatic rings. The van der Waals surface area contributed by atoms with Gasteiger partial charge in [-0.05, 0) is 46.3 Å². The summed E-state index contributed by atoms with van der Waals surface area (Å²) in [6.45, 7) is 0.484. The van der Waals surface area contributed by atoms with Crippen molar-refractivity contribution in [2.75, 3.05) is 5.32 Å². The summed E-state index contributed by atoms with van der Waals surface area (Å²) in [4.78, 5) is 4.16. The Morgan fingerprint density at radius 1 is 1.00 bits per heavy atom. The summed E-state index contributed by atoms with van der Waals surface area (Å²) in [6, 6.07) is 18.5. The van der Waals surface area contributed by atoms with Gasteiger partial charge in [-0.3, -0.25) is 0 Å². The molecule has 0 spiro atoms. The highest BCUT2D eigenvalue weighted by atomic mass is 35.5. The van der Waals surface area contributed by atoms with Gasteiger partial charge in [0.05, 0.1) is 15.7 Å². The lowest BCUT2D eigenvalue weighted by atomic mass is 10.2. The number of anilines is 1. The Kier molecular flexibility index (Phi) is 5.36. The molecule has 4 rings (SSSR count). The van der Waals surface area contributed by atoms with E-state index < -0.39 is 0 Å². The fraction of sp³-hybridized carbons (Fsp3) is 0.0526. The zero-order chi connectivity index (χ0) is 19.3. The van der Waals surface area contributed by atoms with Crippen LogP contribution in [0.25, 0.3) is 5.69 Å².